The maximum atomic E-state index is 5.74. The van der Waals surface area contributed by atoms with Crippen molar-refractivity contribution in [2.45, 2.75) is 58.7 Å². The Balaban J connectivity index is 2.39. The number of benzene rings is 1. The van der Waals surface area contributed by atoms with Crippen LogP contribution in [-0.2, 0) is 10.2 Å². The fourth-order valence-corrected chi connectivity index (χ4v) is 2.10. The zero-order chi connectivity index (χ0) is 12.1. The molecule has 2 rings (SSSR count). The number of epoxide rings is 1. The number of rotatable bonds is 1. The first kappa shape index (κ1) is 11.7. The van der Waals surface area contributed by atoms with E-state index >= 15 is 0 Å². The SMILES string of the molecule is Cc1ccc(C(C)(C)C)cc1C1OC1(C)C. The summed E-state index contributed by atoms with van der Waals surface area (Å²) in [7, 11) is 0. The molecule has 88 valence electrons. The lowest BCUT2D eigenvalue weighted by Crippen LogP contribution is -2.12. The van der Waals surface area contributed by atoms with Crippen molar-refractivity contribution >= 4 is 0 Å². The highest BCUT2D eigenvalue weighted by atomic mass is 16.6. The fraction of sp³-hybridized carbons (Fsp3) is 0.600. The molecule has 0 aliphatic carbocycles. The number of hydrogen-bond donors (Lipinski definition) is 0. The molecular formula is C15H22O. The molecule has 16 heavy (non-hydrogen) atoms. The second-order valence-electron chi connectivity index (χ2n) is 6.42. The largest absolute Gasteiger partial charge is 0.362 e. The van der Waals surface area contributed by atoms with Crippen LogP contribution in [-0.4, -0.2) is 5.60 Å². The van der Waals surface area contributed by atoms with E-state index in [9.17, 15) is 0 Å². The van der Waals surface area contributed by atoms with Crippen LogP contribution in [0, 0.1) is 6.92 Å². The van der Waals surface area contributed by atoms with E-state index in [2.05, 4.69) is 59.7 Å². The minimum absolute atomic E-state index is 0.0290. The van der Waals surface area contributed by atoms with E-state index < -0.39 is 0 Å². The maximum absolute atomic E-state index is 5.74. The standard InChI is InChI=1S/C15H22O/c1-10-7-8-11(14(2,3)4)9-12(10)13-15(5,6)16-13/h7-9,13H,1-6H3. The Morgan fingerprint density at radius 2 is 1.75 bits per heavy atom. The number of aryl methyl sites for hydroxylation is 1. The van der Waals surface area contributed by atoms with Crippen molar-refractivity contribution in [3.63, 3.8) is 0 Å². The van der Waals surface area contributed by atoms with Crippen LogP contribution in [0.2, 0.25) is 0 Å². The Bertz CT molecular complexity index is 410. The highest BCUT2D eigenvalue weighted by Gasteiger charge is 2.49. The normalized spacial score (nSPS) is 23.2. The quantitative estimate of drug-likeness (QED) is 0.645. The van der Waals surface area contributed by atoms with Gasteiger partial charge in [-0.1, -0.05) is 39.0 Å². The smallest absolute Gasteiger partial charge is 0.112 e. The van der Waals surface area contributed by atoms with Gasteiger partial charge in [0.1, 0.15) is 6.10 Å². The van der Waals surface area contributed by atoms with Gasteiger partial charge in [-0.25, -0.2) is 0 Å². The third-order valence-electron chi connectivity index (χ3n) is 3.42. The van der Waals surface area contributed by atoms with Gasteiger partial charge in [-0.2, -0.15) is 0 Å². The average molecular weight is 218 g/mol. The summed E-state index contributed by atoms with van der Waals surface area (Å²) in [6.45, 7) is 13.2. The van der Waals surface area contributed by atoms with Crippen LogP contribution in [0.3, 0.4) is 0 Å². The van der Waals surface area contributed by atoms with Gasteiger partial charge in [0.25, 0.3) is 0 Å². The molecule has 0 amide bonds. The molecule has 1 saturated heterocycles. The van der Waals surface area contributed by atoms with Crippen molar-refractivity contribution < 1.29 is 4.74 Å². The van der Waals surface area contributed by atoms with Gasteiger partial charge in [0.05, 0.1) is 5.60 Å². The van der Waals surface area contributed by atoms with Gasteiger partial charge in [0.15, 0.2) is 0 Å². The topological polar surface area (TPSA) is 12.5 Å². The number of hydrogen-bond acceptors (Lipinski definition) is 1. The van der Waals surface area contributed by atoms with Crippen LogP contribution in [0.25, 0.3) is 0 Å². The van der Waals surface area contributed by atoms with Crippen molar-refractivity contribution in [3.05, 3.63) is 34.9 Å². The van der Waals surface area contributed by atoms with E-state index in [0.717, 1.165) is 0 Å². The lowest BCUT2D eigenvalue weighted by Gasteiger charge is -2.20. The van der Waals surface area contributed by atoms with E-state index in [-0.39, 0.29) is 17.1 Å². The van der Waals surface area contributed by atoms with Gasteiger partial charge in [0, 0.05) is 0 Å². The average Bonchev–Trinajstić information content (AvgIpc) is 2.73. The highest BCUT2D eigenvalue weighted by Crippen LogP contribution is 2.50. The molecule has 1 aliphatic rings. The van der Waals surface area contributed by atoms with Gasteiger partial charge in [-0.05, 0) is 42.9 Å². The maximum Gasteiger partial charge on any atom is 0.112 e. The molecule has 0 saturated carbocycles. The summed E-state index contributed by atoms with van der Waals surface area (Å²) in [6, 6.07) is 6.76. The fourth-order valence-electron chi connectivity index (χ4n) is 2.10. The molecule has 0 spiro atoms. The third kappa shape index (κ3) is 2.01. The molecule has 1 aromatic carbocycles. The van der Waals surface area contributed by atoms with Crippen molar-refractivity contribution in [3.8, 4) is 0 Å². The molecule has 1 aromatic rings. The van der Waals surface area contributed by atoms with Crippen molar-refractivity contribution in [1.29, 1.82) is 0 Å². The number of ether oxygens (including phenoxy) is 1. The first-order valence-corrected chi connectivity index (χ1v) is 6.01. The zero-order valence-corrected chi connectivity index (χ0v) is 11.2. The summed E-state index contributed by atoms with van der Waals surface area (Å²) in [5.41, 5.74) is 4.32. The van der Waals surface area contributed by atoms with Gasteiger partial charge in [0.2, 0.25) is 0 Å². The molecule has 0 N–H and O–H groups in total. The van der Waals surface area contributed by atoms with E-state index in [1.54, 1.807) is 0 Å². The van der Waals surface area contributed by atoms with E-state index in [0.29, 0.717) is 0 Å². The van der Waals surface area contributed by atoms with Crippen LogP contribution >= 0.6 is 0 Å². The Morgan fingerprint density at radius 1 is 1.19 bits per heavy atom. The second-order valence-corrected chi connectivity index (χ2v) is 6.42. The van der Waals surface area contributed by atoms with Crippen LogP contribution in [0.15, 0.2) is 18.2 Å². The predicted octanol–water partition coefficient (Wildman–Crippen LogP) is 4.14. The first-order chi connectivity index (χ1) is 7.22. The molecule has 0 radical (unpaired) electrons. The summed E-state index contributed by atoms with van der Waals surface area (Å²) in [5, 5.41) is 0. The van der Waals surface area contributed by atoms with E-state index in [1.165, 1.54) is 16.7 Å². The van der Waals surface area contributed by atoms with Crippen molar-refractivity contribution in [2.75, 3.05) is 0 Å². The van der Waals surface area contributed by atoms with Gasteiger partial charge >= 0.3 is 0 Å². The van der Waals surface area contributed by atoms with Crippen LogP contribution in [0.1, 0.15) is 57.4 Å². The summed E-state index contributed by atoms with van der Waals surface area (Å²) in [4.78, 5) is 0. The monoisotopic (exact) mass is 218 g/mol. The molecule has 1 atom stereocenters. The lowest BCUT2D eigenvalue weighted by atomic mass is 9.84. The molecule has 1 heterocycles. The summed E-state index contributed by atoms with van der Waals surface area (Å²) >= 11 is 0. The molecule has 0 bridgehead atoms. The van der Waals surface area contributed by atoms with Gasteiger partial charge < -0.3 is 4.74 Å². The Kier molecular flexibility index (Phi) is 2.43. The van der Waals surface area contributed by atoms with E-state index in [1.807, 2.05) is 0 Å². The molecule has 1 nitrogen and oxygen atoms in total. The molecule has 0 aromatic heterocycles. The molecule has 1 unspecified atom stereocenters. The highest BCUT2D eigenvalue weighted by molar-refractivity contribution is 5.39. The van der Waals surface area contributed by atoms with Crippen LogP contribution < -0.4 is 0 Å². The minimum atomic E-state index is 0.0290. The Morgan fingerprint density at radius 3 is 2.19 bits per heavy atom. The first-order valence-electron chi connectivity index (χ1n) is 6.01. The van der Waals surface area contributed by atoms with Crippen LogP contribution in [0.4, 0.5) is 0 Å². The van der Waals surface area contributed by atoms with E-state index in [4.69, 9.17) is 4.74 Å². The molecular weight excluding hydrogens is 196 g/mol. The summed E-state index contributed by atoms with van der Waals surface area (Å²) in [5.74, 6) is 0. The summed E-state index contributed by atoms with van der Waals surface area (Å²) < 4.78 is 5.74. The van der Waals surface area contributed by atoms with Crippen molar-refractivity contribution in [2.24, 2.45) is 0 Å². The van der Waals surface area contributed by atoms with Gasteiger partial charge in [-0.3, -0.25) is 0 Å². The van der Waals surface area contributed by atoms with Crippen LogP contribution in [0.5, 0.6) is 0 Å². The Hall–Kier alpha value is -0.820. The third-order valence-corrected chi connectivity index (χ3v) is 3.42. The molecule has 1 aliphatic heterocycles. The second kappa shape index (κ2) is 3.33. The zero-order valence-electron chi connectivity index (χ0n) is 11.2. The lowest BCUT2D eigenvalue weighted by molar-refractivity contribution is 0.325. The minimum Gasteiger partial charge on any atom is -0.362 e. The molecule has 1 heteroatoms. The predicted molar refractivity (Wildman–Crippen MR) is 67.8 cm³/mol. The summed E-state index contributed by atoms with van der Waals surface area (Å²) in [6.07, 6.45) is 0.287. The van der Waals surface area contributed by atoms with Crippen molar-refractivity contribution in [1.82, 2.24) is 0 Å². The Labute approximate surface area is 98.8 Å². The molecule has 1 fully saturated rings. The van der Waals surface area contributed by atoms with Gasteiger partial charge in [-0.15, -0.1) is 0 Å².